The number of ether oxygens (including phenoxy) is 1. The Morgan fingerprint density at radius 1 is 1.24 bits per heavy atom. The number of benzene rings is 1. The SMILES string of the molecule is CC(C)(C)OC(=O)[C@H]1CCCN1C(=O)Cc1ccccc1. The van der Waals surface area contributed by atoms with Crippen LogP contribution in [0.15, 0.2) is 30.3 Å². The van der Waals surface area contributed by atoms with E-state index in [-0.39, 0.29) is 11.9 Å². The van der Waals surface area contributed by atoms with Crippen LogP contribution in [0, 0.1) is 0 Å². The van der Waals surface area contributed by atoms with Gasteiger partial charge in [-0.25, -0.2) is 4.79 Å². The topological polar surface area (TPSA) is 46.6 Å². The van der Waals surface area contributed by atoms with Crippen LogP contribution < -0.4 is 0 Å². The predicted octanol–water partition coefficient (Wildman–Crippen LogP) is 2.56. The normalized spacial score (nSPS) is 18.6. The van der Waals surface area contributed by atoms with Gasteiger partial charge in [0.1, 0.15) is 11.6 Å². The van der Waals surface area contributed by atoms with Gasteiger partial charge in [0.05, 0.1) is 6.42 Å². The van der Waals surface area contributed by atoms with Gasteiger partial charge in [-0.1, -0.05) is 30.3 Å². The quantitative estimate of drug-likeness (QED) is 0.803. The highest BCUT2D eigenvalue weighted by atomic mass is 16.6. The predicted molar refractivity (Wildman–Crippen MR) is 80.7 cm³/mol. The highest BCUT2D eigenvalue weighted by molar-refractivity contribution is 5.86. The van der Waals surface area contributed by atoms with Gasteiger partial charge >= 0.3 is 5.97 Å². The summed E-state index contributed by atoms with van der Waals surface area (Å²) in [5, 5.41) is 0. The lowest BCUT2D eigenvalue weighted by molar-refractivity contribution is -0.163. The Morgan fingerprint density at radius 3 is 2.52 bits per heavy atom. The van der Waals surface area contributed by atoms with Crippen LogP contribution in [0.2, 0.25) is 0 Å². The Kier molecular flexibility index (Phi) is 4.66. The van der Waals surface area contributed by atoms with Gasteiger partial charge in [-0.3, -0.25) is 4.79 Å². The van der Waals surface area contributed by atoms with E-state index in [0.717, 1.165) is 12.0 Å². The number of amides is 1. The van der Waals surface area contributed by atoms with E-state index in [1.165, 1.54) is 0 Å². The molecule has 4 heteroatoms. The van der Waals surface area contributed by atoms with Crippen LogP contribution in [0.25, 0.3) is 0 Å². The molecule has 0 saturated carbocycles. The summed E-state index contributed by atoms with van der Waals surface area (Å²) in [6.07, 6.45) is 1.88. The molecule has 1 heterocycles. The maximum absolute atomic E-state index is 12.4. The van der Waals surface area contributed by atoms with Crippen LogP contribution in [0.5, 0.6) is 0 Å². The summed E-state index contributed by atoms with van der Waals surface area (Å²) >= 11 is 0. The zero-order valence-electron chi connectivity index (χ0n) is 13.0. The molecule has 0 aromatic heterocycles. The van der Waals surface area contributed by atoms with Crippen molar-refractivity contribution < 1.29 is 14.3 Å². The van der Waals surface area contributed by atoms with E-state index in [1.807, 2.05) is 51.1 Å². The fraction of sp³-hybridized carbons (Fsp3) is 0.529. The van der Waals surface area contributed by atoms with Crippen LogP contribution >= 0.6 is 0 Å². The van der Waals surface area contributed by atoms with E-state index in [2.05, 4.69) is 0 Å². The highest BCUT2D eigenvalue weighted by Gasteiger charge is 2.36. The molecule has 0 N–H and O–H groups in total. The van der Waals surface area contributed by atoms with Gasteiger partial charge in [0.2, 0.25) is 5.91 Å². The number of carbonyl (C=O) groups excluding carboxylic acids is 2. The lowest BCUT2D eigenvalue weighted by Crippen LogP contribution is -2.44. The van der Waals surface area contributed by atoms with Crippen molar-refractivity contribution in [2.45, 2.75) is 51.7 Å². The molecule has 0 bridgehead atoms. The van der Waals surface area contributed by atoms with Crippen molar-refractivity contribution in [1.29, 1.82) is 0 Å². The molecule has 0 aliphatic carbocycles. The Labute approximate surface area is 126 Å². The van der Waals surface area contributed by atoms with Gasteiger partial charge < -0.3 is 9.64 Å². The fourth-order valence-electron chi connectivity index (χ4n) is 2.55. The van der Waals surface area contributed by atoms with E-state index in [1.54, 1.807) is 4.90 Å². The largest absolute Gasteiger partial charge is 0.458 e. The van der Waals surface area contributed by atoms with Crippen LogP contribution in [-0.4, -0.2) is 35.0 Å². The molecule has 0 spiro atoms. The third kappa shape index (κ3) is 4.31. The molecule has 1 aromatic carbocycles. The van der Waals surface area contributed by atoms with Crippen molar-refractivity contribution >= 4 is 11.9 Å². The first kappa shape index (κ1) is 15.5. The third-order valence-corrected chi connectivity index (χ3v) is 3.45. The summed E-state index contributed by atoms with van der Waals surface area (Å²) < 4.78 is 5.42. The summed E-state index contributed by atoms with van der Waals surface area (Å²) in [6, 6.07) is 9.18. The van der Waals surface area contributed by atoms with E-state index < -0.39 is 11.6 Å². The number of hydrogen-bond donors (Lipinski definition) is 0. The molecule has 114 valence electrons. The van der Waals surface area contributed by atoms with Gasteiger partial charge in [0, 0.05) is 6.54 Å². The summed E-state index contributed by atoms with van der Waals surface area (Å²) in [6.45, 7) is 6.16. The third-order valence-electron chi connectivity index (χ3n) is 3.45. The number of carbonyl (C=O) groups is 2. The smallest absolute Gasteiger partial charge is 0.329 e. The number of rotatable bonds is 3. The van der Waals surface area contributed by atoms with Crippen LogP contribution in [-0.2, 0) is 20.7 Å². The van der Waals surface area contributed by atoms with Gasteiger partial charge in [0.25, 0.3) is 0 Å². The van der Waals surface area contributed by atoms with Crippen molar-refractivity contribution in [2.75, 3.05) is 6.54 Å². The molecule has 0 unspecified atom stereocenters. The summed E-state index contributed by atoms with van der Waals surface area (Å²) in [7, 11) is 0. The average Bonchev–Trinajstić information content (AvgIpc) is 2.87. The Hall–Kier alpha value is -1.84. The van der Waals surface area contributed by atoms with Crippen molar-refractivity contribution in [3.8, 4) is 0 Å². The summed E-state index contributed by atoms with van der Waals surface area (Å²) in [5.74, 6) is -0.295. The number of nitrogens with zero attached hydrogens (tertiary/aromatic N) is 1. The maximum atomic E-state index is 12.4. The molecule has 1 aliphatic rings. The minimum absolute atomic E-state index is 0.00504. The Bertz CT molecular complexity index is 505. The number of hydrogen-bond acceptors (Lipinski definition) is 3. The number of esters is 1. The van der Waals surface area contributed by atoms with Crippen molar-refractivity contribution in [1.82, 2.24) is 4.90 Å². The van der Waals surface area contributed by atoms with E-state index in [0.29, 0.717) is 19.4 Å². The average molecular weight is 289 g/mol. The van der Waals surface area contributed by atoms with Crippen molar-refractivity contribution in [3.63, 3.8) is 0 Å². The second kappa shape index (κ2) is 6.29. The molecular weight excluding hydrogens is 266 g/mol. The monoisotopic (exact) mass is 289 g/mol. The molecule has 21 heavy (non-hydrogen) atoms. The molecule has 1 amide bonds. The van der Waals surface area contributed by atoms with Crippen LogP contribution in [0.1, 0.15) is 39.2 Å². The standard InChI is InChI=1S/C17H23NO3/c1-17(2,3)21-16(20)14-10-7-11-18(14)15(19)12-13-8-5-4-6-9-13/h4-6,8-9,14H,7,10-12H2,1-3H3/t14-/m1/s1. The highest BCUT2D eigenvalue weighted by Crippen LogP contribution is 2.22. The van der Waals surface area contributed by atoms with E-state index >= 15 is 0 Å². The lowest BCUT2D eigenvalue weighted by Gasteiger charge is -2.27. The molecule has 1 aromatic rings. The van der Waals surface area contributed by atoms with Crippen molar-refractivity contribution in [2.24, 2.45) is 0 Å². The van der Waals surface area contributed by atoms with E-state index in [4.69, 9.17) is 4.74 Å². The fourth-order valence-corrected chi connectivity index (χ4v) is 2.55. The molecule has 1 atom stereocenters. The second-order valence-electron chi connectivity index (χ2n) is 6.44. The van der Waals surface area contributed by atoms with Gasteiger partial charge in [-0.05, 0) is 39.2 Å². The van der Waals surface area contributed by atoms with E-state index in [9.17, 15) is 9.59 Å². The van der Waals surface area contributed by atoms with Gasteiger partial charge in [0.15, 0.2) is 0 Å². The van der Waals surface area contributed by atoms with Gasteiger partial charge in [-0.2, -0.15) is 0 Å². The molecule has 4 nitrogen and oxygen atoms in total. The number of likely N-dealkylation sites (tertiary alicyclic amines) is 1. The van der Waals surface area contributed by atoms with Crippen LogP contribution in [0.4, 0.5) is 0 Å². The Morgan fingerprint density at radius 2 is 1.90 bits per heavy atom. The van der Waals surface area contributed by atoms with Crippen molar-refractivity contribution in [3.05, 3.63) is 35.9 Å². The molecule has 1 aliphatic heterocycles. The zero-order chi connectivity index (χ0) is 15.5. The zero-order valence-corrected chi connectivity index (χ0v) is 13.0. The maximum Gasteiger partial charge on any atom is 0.329 e. The first-order valence-corrected chi connectivity index (χ1v) is 7.43. The van der Waals surface area contributed by atoms with Gasteiger partial charge in [-0.15, -0.1) is 0 Å². The lowest BCUT2D eigenvalue weighted by atomic mass is 10.1. The second-order valence-corrected chi connectivity index (χ2v) is 6.44. The minimum atomic E-state index is -0.520. The Balaban J connectivity index is 2.01. The molecule has 2 rings (SSSR count). The molecule has 1 fully saturated rings. The molecule has 1 saturated heterocycles. The first-order chi connectivity index (χ1) is 9.87. The molecular formula is C17H23NO3. The summed E-state index contributed by atoms with van der Waals surface area (Å²) in [5.41, 5.74) is 0.450. The summed E-state index contributed by atoms with van der Waals surface area (Å²) in [4.78, 5) is 26.3. The first-order valence-electron chi connectivity index (χ1n) is 7.43. The van der Waals surface area contributed by atoms with Crippen LogP contribution in [0.3, 0.4) is 0 Å². The molecule has 0 radical (unpaired) electrons. The minimum Gasteiger partial charge on any atom is -0.458 e.